The Balaban J connectivity index is 2.36. The van der Waals surface area contributed by atoms with Gasteiger partial charge in [-0.3, -0.25) is 0 Å². The molecule has 3 nitrogen and oxygen atoms in total. The zero-order valence-corrected chi connectivity index (χ0v) is 12.0. The Bertz CT molecular complexity index is 436. The van der Waals surface area contributed by atoms with Crippen LogP contribution in [0.25, 0.3) is 0 Å². The van der Waals surface area contributed by atoms with Crippen molar-refractivity contribution in [2.24, 2.45) is 0 Å². The van der Waals surface area contributed by atoms with E-state index in [2.05, 4.69) is 25.7 Å². The fourth-order valence-electron chi connectivity index (χ4n) is 2.48. The SMILES string of the molecule is CCC1COC(C)CN1c1cc(Cl)c(N)cc1C. The number of hydrogen-bond acceptors (Lipinski definition) is 3. The molecular formula is C14H21ClN2O. The maximum Gasteiger partial charge on any atom is 0.0723 e. The molecule has 2 N–H and O–H groups in total. The lowest BCUT2D eigenvalue weighted by Gasteiger charge is -2.40. The minimum Gasteiger partial charge on any atom is -0.398 e. The van der Waals surface area contributed by atoms with E-state index in [9.17, 15) is 0 Å². The zero-order chi connectivity index (χ0) is 13.3. The highest BCUT2D eigenvalue weighted by molar-refractivity contribution is 6.33. The van der Waals surface area contributed by atoms with Crippen molar-refractivity contribution in [3.63, 3.8) is 0 Å². The zero-order valence-electron chi connectivity index (χ0n) is 11.2. The van der Waals surface area contributed by atoms with Crippen molar-refractivity contribution in [3.8, 4) is 0 Å². The summed E-state index contributed by atoms with van der Waals surface area (Å²) in [5.74, 6) is 0. The molecule has 2 rings (SSSR count). The number of hydrogen-bond donors (Lipinski definition) is 1. The molecule has 1 aliphatic rings. The monoisotopic (exact) mass is 268 g/mol. The van der Waals surface area contributed by atoms with Crippen molar-refractivity contribution in [2.75, 3.05) is 23.8 Å². The van der Waals surface area contributed by atoms with E-state index in [1.54, 1.807) is 0 Å². The lowest BCUT2D eigenvalue weighted by molar-refractivity contribution is 0.0299. The first-order chi connectivity index (χ1) is 8.52. The molecule has 0 aromatic heterocycles. The van der Waals surface area contributed by atoms with E-state index in [0.29, 0.717) is 16.8 Å². The highest BCUT2D eigenvalue weighted by Crippen LogP contribution is 2.32. The fourth-order valence-corrected chi connectivity index (χ4v) is 2.64. The summed E-state index contributed by atoms with van der Waals surface area (Å²) in [5, 5.41) is 0.629. The number of anilines is 2. The van der Waals surface area contributed by atoms with Crippen LogP contribution in [0, 0.1) is 6.92 Å². The maximum absolute atomic E-state index is 6.15. The summed E-state index contributed by atoms with van der Waals surface area (Å²) >= 11 is 6.15. The van der Waals surface area contributed by atoms with E-state index in [1.165, 1.54) is 11.3 Å². The Morgan fingerprint density at radius 2 is 2.22 bits per heavy atom. The maximum atomic E-state index is 6.15. The summed E-state index contributed by atoms with van der Waals surface area (Å²) in [7, 11) is 0. The number of morpholine rings is 1. The number of benzene rings is 1. The van der Waals surface area contributed by atoms with Gasteiger partial charge >= 0.3 is 0 Å². The first kappa shape index (κ1) is 13.5. The topological polar surface area (TPSA) is 38.5 Å². The van der Waals surface area contributed by atoms with Gasteiger partial charge in [0.15, 0.2) is 0 Å². The van der Waals surface area contributed by atoms with Crippen LogP contribution in [0.15, 0.2) is 12.1 Å². The van der Waals surface area contributed by atoms with E-state index in [1.807, 2.05) is 12.1 Å². The van der Waals surface area contributed by atoms with Gasteiger partial charge in [-0.05, 0) is 38.0 Å². The second-order valence-corrected chi connectivity index (χ2v) is 5.43. The minimum atomic E-state index is 0.253. The van der Waals surface area contributed by atoms with E-state index in [-0.39, 0.29) is 6.10 Å². The van der Waals surface area contributed by atoms with Gasteiger partial charge in [0.25, 0.3) is 0 Å². The molecule has 1 aliphatic heterocycles. The molecule has 0 amide bonds. The van der Waals surface area contributed by atoms with Crippen LogP contribution in [0.3, 0.4) is 0 Å². The van der Waals surface area contributed by atoms with Crippen LogP contribution in [0.5, 0.6) is 0 Å². The van der Waals surface area contributed by atoms with Crippen molar-refractivity contribution < 1.29 is 4.74 Å². The summed E-state index contributed by atoms with van der Waals surface area (Å²) in [4.78, 5) is 2.40. The minimum absolute atomic E-state index is 0.253. The number of aryl methyl sites for hydroxylation is 1. The van der Waals surface area contributed by atoms with Gasteiger partial charge in [-0.15, -0.1) is 0 Å². The van der Waals surface area contributed by atoms with E-state index < -0.39 is 0 Å². The molecule has 0 spiro atoms. The van der Waals surface area contributed by atoms with Crippen molar-refractivity contribution in [3.05, 3.63) is 22.7 Å². The lowest BCUT2D eigenvalue weighted by atomic mass is 10.1. The highest BCUT2D eigenvalue weighted by atomic mass is 35.5. The lowest BCUT2D eigenvalue weighted by Crippen LogP contribution is -2.49. The number of nitrogen functional groups attached to an aromatic ring is 1. The van der Waals surface area contributed by atoms with Gasteiger partial charge in [0, 0.05) is 12.2 Å². The first-order valence-corrected chi connectivity index (χ1v) is 6.84. The molecule has 1 fully saturated rings. The van der Waals surface area contributed by atoms with Crippen LogP contribution in [0.2, 0.25) is 5.02 Å². The number of nitrogens with two attached hydrogens (primary N) is 1. The van der Waals surface area contributed by atoms with Gasteiger partial charge in [-0.1, -0.05) is 18.5 Å². The molecule has 1 heterocycles. The van der Waals surface area contributed by atoms with E-state index in [4.69, 9.17) is 22.1 Å². The second-order valence-electron chi connectivity index (χ2n) is 5.02. The summed E-state index contributed by atoms with van der Waals surface area (Å²) in [5.41, 5.74) is 8.83. The summed E-state index contributed by atoms with van der Waals surface area (Å²) < 4.78 is 5.73. The molecular weight excluding hydrogens is 248 g/mol. The summed E-state index contributed by atoms with van der Waals surface area (Å²) in [6, 6.07) is 4.34. The number of halogens is 1. The van der Waals surface area contributed by atoms with Crippen LogP contribution in [0.4, 0.5) is 11.4 Å². The summed E-state index contributed by atoms with van der Waals surface area (Å²) in [6.07, 6.45) is 1.32. The van der Waals surface area contributed by atoms with E-state index in [0.717, 1.165) is 19.6 Å². The molecule has 1 aromatic rings. The first-order valence-electron chi connectivity index (χ1n) is 6.46. The highest BCUT2D eigenvalue weighted by Gasteiger charge is 2.27. The molecule has 1 aromatic carbocycles. The van der Waals surface area contributed by atoms with Gasteiger partial charge in [0.1, 0.15) is 0 Å². The van der Waals surface area contributed by atoms with Gasteiger partial charge in [0.05, 0.1) is 29.5 Å². The Morgan fingerprint density at radius 1 is 1.50 bits per heavy atom. The third-order valence-electron chi connectivity index (χ3n) is 3.56. The normalized spacial score (nSPS) is 24.3. The summed E-state index contributed by atoms with van der Waals surface area (Å²) in [6.45, 7) is 8.05. The van der Waals surface area contributed by atoms with Crippen molar-refractivity contribution in [2.45, 2.75) is 39.3 Å². The number of rotatable bonds is 2. The average Bonchev–Trinajstić information content (AvgIpc) is 2.34. The van der Waals surface area contributed by atoms with Gasteiger partial charge < -0.3 is 15.4 Å². The second kappa shape index (κ2) is 5.37. The van der Waals surface area contributed by atoms with Crippen LogP contribution in [0.1, 0.15) is 25.8 Å². The molecule has 100 valence electrons. The van der Waals surface area contributed by atoms with Crippen LogP contribution in [-0.2, 0) is 4.74 Å². The molecule has 4 heteroatoms. The molecule has 0 saturated carbocycles. The molecule has 0 aliphatic carbocycles. The Kier molecular flexibility index (Phi) is 4.03. The van der Waals surface area contributed by atoms with Crippen molar-refractivity contribution in [1.29, 1.82) is 0 Å². The molecule has 1 saturated heterocycles. The van der Waals surface area contributed by atoms with Gasteiger partial charge in [-0.25, -0.2) is 0 Å². The number of ether oxygens (including phenoxy) is 1. The molecule has 18 heavy (non-hydrogen) atoms. The van der Waals surface area contributed by atoms with Crippen molar-refractivity contribution >= 4 is 23.0 Å². The molecule has 0 bridgehead atoms. The Hall–Kier alpha value is -0.930. The predicted octanol–water partition coefficient (Wildman–Crippen LogP) is 3.23. The smallest absolute Gasteiger partial charge is 0.0723 e. The predicted molar refractivity (Wildman–Crippen MR) is 77.4 cm³/mol. The van der Waals surface area contributed by atoms with Gasteiger partial charge in [0.2, 0.25) is 0 Å². The standard InChI is InChI=1S/C14H21ClN2O/c1-4-11-8-18-10(3)7-17(11)14-6-12(15)13(16)5-9(14)2/h5-6,10-11H,4,7-8,16H2,1-3H3. The fraction of sp³-hybridized carbons (Fsp3) is 0.571. The Morgan fingerprint density at radius 3 is 2.89 bits per heavy atom. The third kappa shape index (κ3) is 2.57. The quantitative estimate of drug-likeness (QED) is 0.837. The molecule has 2 unspecified atom stereocenters. The molecule has 0 radical (unpaired) electrons. The number of nitrogens with zero attached hydrogens (tertiary/aromatic N) is 1. The van der Waals surface area contributed by atoms with Crippen LogP contribution < -0.4 is 10.6 Å². The van der Waals surface area contributed by atoms with Gasteiger partial charge in [-0.2, -0.15) is 0 Å². The Labute approximate surface area is 114 Å². The average molecular weight is 269 g/mol. The van der Waals surface area contributed by atoms with Crippen molar-refractivity contribution in [1.82, 2.24) is 0 Å². The largest absolute Gasteiger partial charge is 0.398 e. The third-order valence-corrected chi connectivity index (χ3v) is 3.89. The van der Waals surface area contributed by atoms with Crippen LogP contribution >= 0.6 is 11.6 Å². The molecule has 2 atom stereocenters. The van der Waals surface area contributed by atoms with Crippen LogP contribution in [-0.4, -0.2) is 25.3 Å². The van der Waals surface area contributed by atoms with E-state index >= 15 is 0 Å².